The van der Waals surface area contributed by atoms with Crippen molar-refractivity contribution >= 4 is 11.8 Å². The molecular weight excluding hydrogens is 254 g/mol. The van der Waals surface area contributed by atoms with Gasteiger partial charge in [-0.1, -0.05) is 20.8 Å². The molecule has 2 rings (SSSR count). The summed E-state index contributed by atoms with van der Waals surface area (Å²) in [5.41, 5.74) is 0. The molecule has 0 amide bonds. The zero-order valence-corrected chi connectivity index (χ0v) is 13.8. The van der Waals surface area contributed by atoms with E-state index < -0.39 is 0 Å². The SMILES string of the molecule is CCCNC1CC(C)CC(C)C1SC1CCOC1C. The molecule has 2 aliphatic rings. The van der Waals surface area contributed by atoms with Gasteiger partial charge < -0.3 is 10.1 Å². The van der Waals surface area contributed by atoms with Crippen LogP contribution in [0.25, 0.3) is 0 Å². The minimum absolute atomic E-state index is 0.448. The number of rotatable bonds is 5. The van der Waals surface area contributed by atoms with Crippen molar-refractivity contribution in [2.24, 2.45) is 11.8 Å². The van der Waals surface area contributed by atoms with Crippen molar-refractivity contribution in [2.75, 3.05) is 13.2 Å². The van der Waals surface area contributed by atoms with Crippen molar-refractivity contribution in [3.05, 3.63) is 0 Å². The van der Waals surface area contributed by atoms with Gasteiger partial charge in [0.1, 0.15) is 0 Å². The van der Waals surface area contributed by atoms with Crippen molar-refractivity contribution in [2.45, 2.75) is 76.0 Å². The third-order valence-corrected chi connectivity index (χ3v) is 6.76. The fourth-order valence-corrected chi connectivity index (χ4v) is 5.39. The molecule has 2 fully saturated rings. The normalized spacial score (nSPS) is 43.6. The van der Waals surface area contributed by atoms with E-state index in [-0.39, 0.29) is 0 Å². The first-order chi connectivity index (χ1) is 9.11. The summed E-state index contributed by atoms with van der Waals surface area (Å²) in [4.78, 5) is 0. The average Bonchev–Trinajstić information content (AvgIpc) is 2.76. The van der Waals surface area contributed by atoms with Crippen LogP contribution in [0.2, 0.25) is 0 Å². The average molecular weight is 285 g/mol. The highest BCUT2D eigenvalue weighted by atomic mass is 32.2. The lowest BCUT2D eigenvalue weighted by molar-refractivity contribution is 0.127. The van der Waals surface area contributed by atoms with Crippen molar-refractivity contribution < 1.29 is 4.74 Å². The van der Waals surface area contributed by atoms with E-state index in [0.717, 1.165) is 30.2 Å². The van der Waals surface area contributed by atoms with Crippen LogP contribution in [-0.2, 0) is 4.74 Å². The topological polar surface area (TPSA) is 21.3 Å². The molecule has 0 bridgehead atoms. The molecule has 1 saturated heterocycles. The maximum Gasteiger partial charge on any atom is 0.0666 e. The highest BCUT2D eigenvalue weighted by Gasteiger charge is 2.37. The molecule has 19 heavy (non-hydrogen) atoms. The van der Waals surface area contributed by atoms with E-state index in [1.165, 1.54) is 25.7 Å². The Morgan fingerprint density at radius 3 is 2.63 bits per heavy atom. The molecular formula is C16H31NOS. The van der Waals surface area contributed by atoms with Gasteiger partial charge in [-0.25, -0.2) is 0 Å². The Bertz CT molecular complexity index is 273. The van der Waals surface area contributed by atoms with Gasteiger partial charge in [0, 0.05) is 23.1 Å². The van der Waals surface area contributed by atoms with Crippen LogP contribution in [0, 0.1) is 11.8 Å². The molecule has 0 aromatic carbocycles. The maximum absolute atomic E-state index is 5.74. The number of hydrogen-bond acceptors (Lipinski definition) is 3. The molecule has 1 aliphatic heterocycles. The van der Waals surface area contributed by atoms with Gasteiger partial charge in [-0.05, 0) is 51.0 Å². The van der Waals surface area contributed by atoms with Gasteiger partial charge in [-0.3, -0.25) is 0 Å². The fraction of sp³-hybridized carbons (Fsp3) is 1.00. The van der Waals surface area contributed by atoms with Gasteiger partial charge in [-0.2, -0.15) is 11.8 Å². The first kappa shape index (κ1) is 15.7. The summed E-state index contributed by atoms with van der Waals surface area (Å²) < 4.78 is 5.74. The molecule has 0 aromatic rings. The Labute approximate surface area is 123 Å². The van der Waals surface area contributed by atoms with Gasteiger partial charge >= 0.3 is 0 Å². The zero-order valence-electron chi connectivity index (χ0n) is 13.0. The predicted octanol–water partition coefficient (Wildman–Crippen LogP) is 3.70. The second kappa shape index (κ2) is 7.33. The van der Waals surface area contributed by atoms with Crippen molar-refractivity contribution in [3.63, 3.8) is 0 Å². The fourth-order valence-electron chi connectivity index (χ4n) is 3.68. The summed E-state index contributed by atoms with van der Waals surface area (Å²) in [6, 6.07) is 0.705. The van der Waals surface area contributed by atoms with E-state index in [2.05, 4.69) is 44.8 Å². The van der Waals surface area contributed by atoms with Crippen LogP contribution < -0.4 is 5.32 Å². The predicted molar refractivity (Wildman–Crippen MR) is 84.8 cm³/mol. The molecule has 112 valence electrons. The molecule has 1 N–H and O–H groups in total. The second-order valence-electron chi connectivity index (χ2n) is 6.62. The summed E-state index contributed by atoms with van der Waals surface area (Å²) in [6.07, 6.45) is 5.67. The lowest BCUT2D eigenvalue weighted by atomic mass is 9.80. The molecule has 1 saturated carbocycles. The van der Waals surface area contributed by atoms with Crippen LogP contribution in [-0.4, -0.2) is 35.8 Å². The number of hydrogen-bond donors (Lipinski definition) is 1. The van der Waals surface area contributed by atoms with E-state index in [4.69, 9.17) is 4.74 Å². The molecule has 0 aromatic heterocycles. The molecule has 3 heteroatoms. The molecule has 6 unspecified atom stereocenters. The highest BCUT2D eigenvalue weighted by molar-refractivity contribution is 8.00. The Hall–Kier alpha value is 0.270. The van der Waals surface area contributed by atoms with E-state index in [1.807, 2.05) is 0 Å². The largest absolute Gasteiger partial charge is 0.377 e. The van der Waals surface area contributed by atoms with E-state index in [9.17, 15) is 0 Å². The molecule has 0 spiro atoms. The molecule has 1 aliphatic carbocycles. The van der Waals surface area contributed by atoms with Gasteiger partial charge in [0.05, 0.1) is 6.10 Å². The first-order valence-corrected chi connectivity index (χ1v) is 9.06. The summed E-state index contributed by atoms with van der Waals surface area (Å²) in [5, 5.41) is 5.30. The van der Waals surface area contributed by atoms with Gasteiger partial charge in [0.25, 0.3) is 0 Å². The zero-order chi connectivity index (χ0) is 13.8. The lowest BCUT2D eigenvalue weighted by Gasteiger charge is -2.41. The van der Waals surface area contributed by atoms with Gasteiger partial charge in [-0.15, -0.1) is 0 Å². The van der Waals surface area contributed by atoms with Crippen LogP contribution in [0.5, 0.6) is 0 Å². The van der Waals surface area contributed by atoms with Gasteiger partial charge in [0.15, 0.2) is 0 Å². The number of nitrogens with one attached hydrogen (secondary N) is 1. The first-order valence-electron chi connectivity index (χ1n) is 8.12. The third-order valence-electron chi connectivity index (χ3n) is 4.68. The number of ether oxygens (including phenoxy) is 1. The van der Waals surface area contributed by atoms with Gasteiger partial charge in [0.2, 0.25) is 0 Å². The molecule has 0 radical (unpaired) electrons. The monoisotopic (exact) mass is 285 g/mol. The van der Waals surface area contributed by atoms with E-state index >= 15 is 0 Å². The van der Waals surface area contributed by atoms with Crippen molar-refractivity contribution in [1.29, 1.82) is 0 Å². The third kappa shape index (κ3) is 4.12. The molecule has 2 nitrogen and oxygen atoms in total. The van der Waals surface area contributed by atoms with Crippen LogP contribution in [0.4, 0.5) is 0 Å². The number of thioether (sulfide) groups is 1. The van der Waals surface area contributed by atoms with Crippen LogP contribution in [0.15, 0.2) is 0 Å². The summed E-state index contributed by atoms with van der Waals surface area (Å²) in [7, 11) is 0. The Morgan fingerprint density at radius 2 is 2.00 bits per heavy atom. The quantitative estimate of drug-likeness (QED) is 0.832. The summed E-state index contributed by atoms with van der Waals surface area (Å²) in [6.45, 7) is 11.5. The molecule has 6 atom stereocenters. The Balaban J connectivity index is 1.96. The van der Waals surface area contributed by atoms with Crippen LogP contribution in [0.3, 0.4) is 0 Å². The van der Waals surface area contributed by atoms with E-state index in [0.29, 0.717) is 17.4 Å². The second-order valence-corrected chi connectivity index (χ2v) is 8.04. The Morgan fingerprint density at radius 1 is 1.21 bits per heavy atom. The minimum Gasteiger partial charge on any atom is -0.377 e. The minimum atomic E-state index is 0.448. The van der Waals surface area contributed by atoms with E-state index in [1.54, 1.807) is 0 Å². The highest BCUT2D eigenvalue weighted by Crippen LogP contribution is 2.41. The van der Waals surface area contributed by atoms with Crippen molar-refractivity contribution in [3.8, 4) is 0 Å². The summed E-state index contributed by atoms with van der Waals surface area (Å²) in [5.74, 6) is 1.70. The standard InChI is InChI=1S/C16H31NOS/c1-5-7-17-14-10-11(2)9-12(3)16(14)19-15-6-8-18-13(15)4/h11-17H,5-10H2,1-4H3. The molecule has 1 heterocycles. The van der Waals surface area contributed by atoms with Crippen molar-refractivity contribution in [1.82, 2.24) is 5.32 Å². The Kier molecular flexibility index (Phi) is 6.04. The maximum atomic E-state index is 5.74. The smallest absolute Gasteiger partial charge is 0.0666 e. The summed E-state index contributed by atoms with van der Waals surface area (Å²) >= 11 is 2.22. The van der Waals surface area contributed by atoms with Crippen LogP contribution in [0.1, 0.15) is 53.4 Å². The van der Waals surface area contributed by atoms with Crippen LogP contribution >= 0.6 is 11.8 Å². The lowest BCUT2D eigenvalue weighted by Crippen LogP contribution is -2.47.